The van der Waals surface area contributed by atoms with Crippen molar-refractivity contribution in [1.29, 1.82) is 0 Å². The molecule has 0 unspecified atom stereocenters. The van der Waals surface area contributed by atoms with Crippen LogP contribution in [0.1, 0.15) is 31.1 Å². The fourth-order valence-corrected chi connectivity index (χ4v) is 4.04. The van der Waals surface area contributed by atoms with Crippen molar-refractivity contribution in [3.05, 3.63) is 58.6 Å². The zero-order valence-electron chi connectivity index (χ0n) is 14.2. The zero-order chi connectivity index (χ0) is 19.7. The Morgan fingerprint density at radius 3 is 2.35 bits per heavy atom. The van der Waals surface area contributed by atoms with E-state index in [9.17, 15) is 22.0 Å². The van der Waals surface area contributed by atoms with Gasteiger partial charge in [-0.3, -0.25) is 4.79 Å². The lowest BCUT2D eigenvalue weighted by molar-refractivity contribution is 0.102. The third kappa shape index (κ3) is 5.00. The van der Waals surface area contributed by atoms with Gasteiger partial charge < -0.3 is 5.32 Å². The summed E-state index contributed by atoms with van der Waals surface area (Å²) in [7, 11) is -3.99. The number of rotatable bonds is 4. The lowest BCUT2D eigenvalue weighted by Gasteiger charge is -2.21. The molecular formula is C17H17ClF2N2O3S. The van der Waals surface area contributed by atoms with Crippen molar-refractivity contribution in [2.75, 3.05) is 5.32 Å². The van der Waals surface area contributed by atoms with E-state index in [1.807, 2.05) is 0 Å². The molecule has 9 heteroatoms. The molecule has 0 atom stereocenters. The molecule has 0 radical (unpaired) electrons. The first-order valence-corrected chi connectivity index (χ1v) is 9.35. The highest BCUT2D eigenvalue weighted by molar-refractivity contribution is 7.89. The van der Waals surface area contributed by atoms with Gasteiger partial charge in [-0.2, -0.15) is 0 Å². The summed E-state index contributed by atoms with van der Waals surface area (Å²) >= 11 is 5.96. The molecule has 2 aromatic rings. The van der Waals surface area contributed by atoms with Gasteiger partial charge >= 0.3 is 0 Å². The first kappa shape index (κ1) is 20.3. The standard InChI is InChI=1S/C17H17ClF2N2O3S/c1-17(2,3)22-26(24,25)15-8-10(4-6-12(15)18)16(23)21-14-9-11(19)5-7-13(14)20/h4-9,22H,1-3H3,(H,21,23). The number of nitrogens with one attached hydrogen (secondary N) is 2. The van der Waals surface area contributed by atoms with Crippen LogP contribution < -0.4 is 10.0 Å². The summed E-state index contributed by atoms with van der Waals surface area (Å²) in [5.74, 6) is -2.36. The number of sulfonamides is 1. The van der Waals surface area contributed by atoms with Crippen LogP contribution in [-0.4, -0.2) is 19.9 Å². The van der Waals surface area contributed by atoms with E-state index >= 15 is 0 Å². The van der Waals surface area contributed by atoms with Gasteiger partial charge in [0.15, 0.2) is 0 Å². The second-order valence-corrected chi connectivity index (χ2v) is 8.64. The van der Waals surface area contributed by atoms with E-state index in [0.29, 0.717) is 0 Å². The predicted molar refractivity (Wildman–Crippen MR) is 95.8 cm³/mol. The second kappa shape index (κ2) is 7.30. The Morgan fingerprint density at radius 1 is 1.08 bits per heavy atom. The molecule has 0 fully saturated rings. The number of carbonyl (C=O) groups is 1. The average molecular weight is 403 g/mol. The zero-order valence-corrected chi connectivity index (χ0v) is 15.8. The molecule has 26 heavy (non-hydrogen) atoms. The fraction of sp³-hybridized carbons (Fsp3) is 0.235. The highest BCUT2D eigenvalue weighted by atomic mass is 35.5. The lowest BCUT2D eigenvalue weighted by Crippen LogP contribution is -2.40. The van der Waals surface area contributed by atoms with Gasteiger partial charge in [-0.15, -0.1) is 0 Å². The van der Waals surface area contributed by atoms with Crippen molar-refractivity contribution in [3.63, 3.8) is 0 Å². The minimum atomic E-state index is -3.99. The van der Waals surface area contributed by atoms with Gasteiger partial charge in [-0.25, -0.2) is 21.9 Å². The average Bonchev–Trinajstić information content (AvgIpc) is 2.48. The Bertz CT molecular complexity index is 957. The number of carbonyl (C=O) groups excluding carboxylic acids is 1. The topological polar surface area (TPSA) is 75.3 Å². The van der Waals surface area contributed by atoms with Crippen LogP contribution in [0.2, 0.25) is 5.02 Å². The minimum absolute atomic E-state index is 0.0739. The Hall–Kier alpha value is -2.03. The summed E-state index contributed by atoms with van der Waals surface area (Å²) in [5.41, 5.74) is -1.19. The summed E-state index contributed by atoms with van der Waals surface area (Å²) in [6, 6.07) is 6.21. The maximum absolute atomic E-state index is 13.7. The largest absolute Gasteiger partial charge is 0.319 e. The second-order valence-electron chi connectivity index (χ2n) is 6.58. The van der Waals surface area contributed by atoms with Crippen LogP contribution in [0.15, 0.2) is 41.3 Å². The van der Waals surface area contributed by atoms with Crippen molar-refractivity contribution in [1.82, 2.24) is 4.72 Å². The van der Waals surface area contributed by atoms with Gasteiger partial charge in [-0.1, -0.05) is 11.6 Å². The molecule has 0 spiro atoms. The molecule has 0 aliphatic heterocycles. The van der Waals surface area contributed by atoms with Crippen molar-refractivity contribution in [2.24, 2.45) is 0 Å². The van der Waals surface area contributed by atoms with Gasteiger partial charge in [0.05, 0.1) is 10.7 Å². The Labute approximate surface area is 155 Å². The van der Waals surface area contributed by atoms with E-state index in [1.54, 1.807) is 20.8 Å². The van der Waals surface area contributed by atoms with Gasteiger partial charge in [-0.05, 0) is 51.1 Å². The number of amides is 1. The lowest BCUT2D eigenvalue weighted by atomic mass is 10.1. The monoisotopic (exact) mass is 402 g/mol. The molecule has 1 amide bonds. The van der Waals surface area contributed by atoms with Crippen molar-refractivity contribution in [2.45, 2.75) is 31.2 Å². The first-order valence-electron chi connectivity index (χ1n) is 7.49. The van der Waals surface area contributed by atoms with Crippen LogP contribution in [-0.2, 0) is 10.0 Å². The molecule has 0 bridgehead atoms. The maximum atomic E-state index is 13.7. The van der Waals surface area contributed by atoms with Crippen LogP contribution >= 0.6 is 11.6 Å². The molecule has 2 rings (SSSR count). The van der Waals surface area contributed by atoms with Crippen molar-refractivity contribution in [3.8, 4) is 0 Å². The molecule has 140 valence electrons. The first-order chi connectivity index (χ1) is 11.9. The molecule has 0 aliphatic carbocycles. The minimum Gasteiger partial charge on any atom is -0.319 e. The molecule has 0 saturated carbocycles. The maximum Gasteiger partial charge on any atom is 0.255 e. The number of hydrogen-bond donors (Lipinski definition) is 2. The molecule has 2 N–H and O–H groups in total. The van der Waals surface area contributed by atoms with Crippen LogP contribution in [0.3, 0.4) is 0 Å². The van der Waals surface area contributed by atoms with E-state index < -0.39 is 33.1 Å². The predicted octanol–water partition coefficient (Wildman–Crippen LogP) is 3.95. The van der Waals surface area contributed by atoms with Crippen LogP contribution in [0.5, 0.6) is 0 Å². The molecule has 5 nitrogen and oxygen atoms in total. The Kier molecular flexibility index (Phi) is 5.70. The normalized spacial score (nSPS) is 12.1. The van der Waals surface area contributed by atoms with Crippen LogP contribution in [0.25, 0.3) is 0 Å². The molecular weight excluding hydrogens is 386 g/mol. The van der Waals surface area contributed by atoms with E-state index in [4.69, 9.17) is 11.6 Å². The highest BCUT2D eigenvalue weighted by Gasteiger charge is 2.25. The number of benzene rings is 2. The van der Waals surface area contributed by atoms with Crippen molar-refractivity contribution >= 4 is 33.2 Å². The Morgan fingerprint density at radius 2 is 1.73 bits per heavy atom. The van der Waals surface area contributed by atoms with Gasteiger partial charge in [0.25, 0.3) is 5.91 Å². The van der Waals surface area contributed by atoms with Crippen LogP contribution in [0.4, 0.5) is 14.5 Å². The SMILES string of the molecule is CC(C)(C)NS(=O)(=O)c1cc(C(=O)Nc2cc(F)ccc2F)ccc1Cl. The Balaban J connectivity index is 2.37. The number of halogens is 3. The van der Waals surface area contributed by atoms with E-state index in [0.717, 1.165) is 24.3 Å². The summed E-state index contributed by atoms with van der Waals surface area (Å²) in [6.07, 6.45) is 0. The molecule has 2 aromatic carbocycles. The summed E-state index contributed by atoms with van der Waals surface area (Å²) in [5, 5.41) is 2.13. The van der Waals surface area contributed by atoms with E-state index in [1.165, 1.54) is 12.1 Å². The molecule has 0 saturated heterocycles. The quantitative estimate of drug-likeness (QED) is 0.813. The molecule has 0 aromatic heterocycles. The third-order valence-corrected chi connectivity index (χ3v) is 5.34. The van der Waals surface area contributed by atoms with Gasteiger partial charge in [0, 0.05) is 17.2 Å². The molecule has 0 aliphatic rings. The van der Waals surface area contributed by atoms with Gasteiger partial charge in [0.2, 0.25) is 10.0 Å². The fourth-order valence-electron chi connectivity index (χ4n) is 2.10. The van der Waals surface area contributed by atoms with E-state index in [2.05, 4.69) is 10.0 Å². The summed E-state index contributed by atoms with van der Waals surface area (Å²) < 4.78 is 54.2. The smallest absolute Gasteiger partial charge is 0.255 e. The van der Waals surface area contributed by atoms with Crippen molar-refractivity contribution < 1.29 is 22.0 Å². The summed E-state index contributed by atoms with van der Waals surface area (Å²) in [4.78, 5) is 12.0. The van der Waals surface area contributed by atoms with Gasteiger partial charge in [0.1, 0.15) is 16.5 Å². The highest BCUT2D eigenvalue weighted by Crippen LogP contribution is 2.25. The number of hydrogen-bond acceptors (Lipinski definition) is 3. The number of anilines is 1. The third-order valence-electron chi connectivity index (χ3n) is 3.10. The molecule has 0 heterocycles. The van der Waals surface area contributed by atoms with Crippen LogP contribution in [0, 0.1) is 11.6 Å². The summed E-state index contributed by atoms with van der Waals surface area (Å²) in [6.45, 7) is 4.96. The van der Waals surface area contributed by atoms with E-state index in [-0.39, 0.29) is 21.2 Å².